The number of aromatic nitrogens is 2. The van der Waals surface area contributed by atoms with Crippen LogP contribution in [0.5, 0.6) is 0 Å². The molecule has 0 atom stereocenters. The molecule has 0 saturated heterocycles. The molecule has 0 bridgehead atoms. The number of nitrogens with zero attached hydrogens (tertiary/aromatic N) is 2. The van der Waals surface area contributed by atoms with E-state index in [1.165, 1.54) is 17.4 Å². The van der Waals surface area contributed by atoms with Crippen molar-refractivity contribution in [3.63, 3.8) is 0 Å². The molecule has 0 fully saturated rings. The number of fused-ring (bicyclic) bond motifs is 3. The van der Waals surface area contributed by atoms with Crippen LogP contribution in [-0.2, 0) is 12.8 Å². The van der Waals surface area contributed by atoms with E-state index in [-0.39, 0.29) is 11.7 Å². The van der Waals surface area contributed by atoms with Crippen molar-refractivity contribution in [3.8, 4) is 21.8 Å². The number of hydrogen-bond donors (Lipinski definition) is 1. The normalized spacial score (nSPS) is 12.2. The van der Waals surface area contributed by atoms with E-state index in [1.54, 1.807) is 24.3 Å². The molecule has 6 heteroatoms. The van der Waals surface area contributed by atoms with Gasteiger partial charge in [-0.2, -0.15) is 0 Å². The van der Waals surface area contributed by atoms with Gasteiger partial charge in [-0.25, -0.2) is 14.4 Å². The molecule has 142 valence electrons. The van der Waals surface area contributed by atoms with Crippen LogP contribution in [0, 0.1) is 5.82 Å². The molecule has 1 N–H and O–H groups in total. The van der Waals surface area contributed by atoms with Gasteiger partial charge in [0.25, 0.3) is 5.91 Å². The standard InChI is InChI=1S/C23H16FN3OS/c24-16-9-10-17-15(13-16)8-11-18-20(17)26-21(19-7-4-12-29-19)22(25-18)27-23(28)14-5-2-1-3-6-14/h1-7,9-10,12-13H,8,11H2,(H,25,27,28). The highest BCUT2D eigenvalue weighted by Crippen LogP contribution is 2.37. The fourth-order valence-corrected chi connectivity index (χ4v) is 4.27. The maximum absolute atomic E-state index is 13.7. The maximum atomic E-state index is 13.7. The van der Waals surface area contributed by atoms with E-state index in [9.17, 15) is 9.18 Å². The van der Waals surface area contributed by atoms with Crippen LogP contribution in [0.25, 0.3) is 21.8 Å². The SMILES string of the molecule is O=C(Nc1nc2c(nc1-c1cccs1)-c1ccc(F)cc1CC2)c1ccccc1. The average Bonchev–Trinajstić information content (AvgIpc) is 3.28. The lowest BCUT2D eigenvalue weighted by atomic mass is 9.91. The number of carbonyl (C=O) groups excluding carboxylic acids is 1. The van der Waals surface area contributed by atoms with E-state index < -0.39 is 0 Å². The third kappa shape index (κ3) is 3.32. The first-order valence-corrected chi connectivity index (χ1v) is 10.2. The van der Waals surface area contributed by atoms with Crippen LogP contribution in [0.3, 0.4) is 0 Å². The second kappa shape index (κ2) is 7.22. The number of nitrogens with one attached hydrogen (secondary N) is 1. The minimum absolute atomic E-state index is 0.226. The van der Waals surface area contributed by atoms with E-state index in [4.69, 9.17) is 9.97 Å². The van der Waals surface area contributed by atoms with Crippen LogP contribution >= 0.6 is 11.3 Å². The molecular formula is C23H16FN3OS. The largest absolute Gasteiger partial charge is 0.305 e. The highest BCUT2D eigenvalue weighted by atomic mass is 32.1. The van der Waals surface area contributed by atoms with Crippen molar-refractivity contribution < 1.29 is 9.18 Å². The summed E-state index contributed by atoms with van der Waals surface area (Å²) < 4.78 is 13.7. The smallest absolute Gasteiger partial charge is 0.256 e. The van der Waals surface area contributed by atoms with E-state index in [2.05, 4.69) is 5.32 Å². The number of carbonyl (C=O) groups is 1. The molecule has 2 aromatic heterocycles. The molecule has 0 unspecified atom stereocenters. The monoisotopic (exact) mass is 401 g/mol. The Kier molecular flexibility index (Phi) is 4.41. The van der Waals surface area contributed by atoms with Gasteiger partial charge in [0, 0.05) is 11.1 Å². The second-order valence-electron chi connectivity index (χ2n) is 6.82. The zero-order valence-corrected chi connectivity index (χ0v) is 16.2. The van der Waals surface area contributed by atoms with Crippen molar-refractivity contribution in [3.05, 3.63) is 88.7 Å². The van der Waals surface area contributed by atoms with Gasteiger partial charge in [-0.1, -0.05) is 24.3 Å². The summed E-state index contributed by atoms with van der Waals surface area (Å²) >= 11 is 1.53. The van der Waals surface area contributed by atoms with Gasteiger partial charge in [0.05, 0.1) is 16.3 Å². The zero-order valence-electron chi connectivity index (χ0n) is 15.4. The first-order chi connectivity index (χ1) is 14.2. The number of anilines is 1. The maximum Gasteiger partial charge on any atom is 0.256 e. The summed E-state index contributed by atoms with van der Waals surface area (Å²) in [5.41, 5.74) is 4.59. The third-order valence-electron chi connectivity index (χ3n) is 4.94. The third-order valence-corrected chi connectivity index (χ3v) is 5.82. The highest BCUT2D eigenvalue weighted by molar-refractivity contribution is 7.13. The summed E-state index contributed by atoms with van der Waals surface area (Å²) in [5.74, 6) is -0.0214. The van der Waals surface area contributed by atoms with Crippen molar-refractivity contribution in [2.45, 2.75) is 12.8 Å². The molecule has 4 nitrogen and oxygen atoms in total. The average molecular weight is 401 g/mol. The molecule has 1 amide bonds. The van der Waals surface area contributed by atoms with Crippen LogP contribution in [-0.4, -0.2) is 15.9 Å². The second-order valence-corrected chi connectivity index (χ2v) is 7.76. The predicted octanol–water partition coefficient (Wildman–Crippen LogP) is 5.36. The number of aryl methyl sites for hydroxylation is 2. The Bertz CT molecular complexity index is 1210. The van der Waals surface area contributed by atoms with Gasteiger partial charge in [0.1, 0.15) is 11.5 Å². The summed E-state index contributed by atoms with van der Waals surface area (Å²) in [4.78, 5) is 23.3. The minimum atomic E-state index is -0.245. The summed E-state index contributed by atoms with van der Waals surface area (Å²) in [6.07, 6.45) is 1.34. The quantitative estimate of drug-likeness (QED) is 0.503. The first kappa shape index (κ1) is 17.7. The van der Waals surface area contributed by atoms with Gasteiger partial charge < -0.3 is 5.32 Å². The van der Waals surface area contributed by atoms with E-state index in [0.29, 0.717) is 29.9 Å². The van der Waals surface area contributed by atoms with Crippen molar-refractivity contribution >= 4 is 23.1 Å². The van der Waals surface area contributed by atoms with Gasteiger partial charge in [-0.3, -0.25) is 4.79 Å². The van der Waals surface area contributed by atoms with Gasteiger partial charge >= 0.3 is 0 Å². The fourth-order valence-electron chi connectivity index (χ4n) is 3.55. The number of benzene rings is 2. The fraction of sp³-hybridized carbons (Fsp3) is 0.0870. The number of rotatable bonds is 3. The van der Waals surface area contributed by atoms with E-state index in [1.807, 2.05) is 35.7 Å². The van der Waals surface area contributed by atoms with E-state index in [0.717, 1.165) is 27.4 Å². The van der Waals surface area contributed by atoms with E-state index >= 15 is 0 Å². The Labute approximate surface area is 171 Å². The Morgan fingerprint density at radius 2 is 1.83 bits per heavy atom. The number of amides is 1. The Hall–Kier alpha value is -3.38. The topological polar surface area (TPSA) is 54.9 Å². The van der Waals surface area contributed by atoms with Gasteiger partial charge in [-0.05, 0) is 60.2 Å². The molecule has 1 aliphatic rings. The molecule has 0 spiro atoms. The minimum Gasteiger partial charge on any atom is -0.305 e. The van der Waals surface area contributed by atoms with Crippen LogP contribution < -0.4 is 5.32 Å². The van der Waals surface area contributed by atoms with Crippen LogP contribution in [0.4, 0.5) is 10.2 Å². The molecule has 4 aromatic rings. The van der Waals surface area contributed by atoms with Gasteiger partial charge in [0.2, 0.25) is 0 Å². The van der Waals surface area contributed by atoms with Gasteiger partial charge in [-0.15, -0.1) is 11.3 Å². The summed E-state index contributed by atoms with van der Waals surface area (Å²) in [5, 5.41) is 4.89. The highest BCUT2D eigenvalue weighted by Gasteiger charge is 2.24. The Morgan fingerprint density at radius 1 is 0.966 bits per heavy atom. The van der Waals surface area contributed by atoms with Crippen molar-refractivity contribution in [2.75, 3.05) is 5.32 Å². The molecule has 29 heavy (non-hydrogen) atoms. The first-order valence-electron chi connectivity index (χ1n) is 9.29. The molecule has 0 aliphatic heterocycles. The number of halogens is 1. The zero-order chi connectivity index (χ0) is 19.8. The molecule has 1 aliphatic carbocycles. The summed E-state index contributed by atoms with van der Waals surface area (Å²) in [6.45, 7) is 0. The van der Waals surface area contributed by atoms with Crippen molar-refractivity contribution in [2.24, 2.45) is 0 Å². The molecular weight excluding hydrogens is 385 g/mol. The molecule has 5 rings (SSSR count). The van der Waals surface area contributed by atoms with Crippen LogP contribution in [0.15, 0.2) is 66.0 Å². The van der Waals surface area contributed by atoms with Crippen LogP contribution in [0.1, 0.15) is 21.6 Å². The lowest BCUT2D eigenvalue weighted by Crippen LogP contribution is -2.17. The van der Waals surface area contributed by atoms with Crippen LogP contribution in [0.2, 0.25) is 0 Å². The summed E-state index contributed by atoms with van der Waals surface area (Å²) in [7, 11) is 0. The number of hydrogen-bond acceptors (Lipinski definition) is 4. The van der Waals surface area contributed by atoms with Crippen molar-refractivity contribution in [1.82, 2.24) is 9.97 Å². The molecule has 0 saturated carbocycles. The van der Waals surface area contributed by atoms with Crippen molar-refractivity contribution in [1.29, 1.82) is 0 Å². The molecule has 2 heterocycles. The molecule has 0 radical (unpaired) electrons. The lowest BCUT2D eigenvalue weighted by molar-refractivity contribution is 0.102. The van der Waals surface area contributed by atoms with Gasteiger partial charge in [0.15, 0.2) is 5.82 Å². The Morgan fingerprint density at radius 3 is 2.62 bits per heavy atom. The number of thiophene rings is 1. The predicted molar refractivity (Wildman–Crippen MR) is 113 cm³/mol. The Balaban J connectivity index is 1.62. The molecule has 2 aromatic carbocycles. The summed E-state index contributed by atoms with van der Waals surface area (Å²) in [6, 6.07) is 17.7. The lowest BCUT2D eigenvalue weighted by Gasteiger charge is -2.20.